The van der Waals surface area contributed by atoms with Gasteiger partial charge in [-0.3, -0.25) is 4.79 Å². The molecule has 0 bridgehead atoms. The van der Waals surface area contributed by atoms with E-state index in [-0.39, 0.29) is 5.91 Å². The summed E-state index contributed by atoms with van der Waals surface area (Å²) >= 11 is 0. The van der Waals surface area contributed by atoms with Crippen LogP contribution >= 0.6 is 0 Å². The van der Waals surface area contributed by atoms with Gasteiger partial charge in [-0.05, 0) is 44.5 Å². The van der Waals surface area contributed by atoms with Gasteiger partial charge < -0.3 is 19.7 Å². The smallest absolute Gasteiger partial charge is 0.255 e. The van der Waals surface area contributed by atoms with Crippen LogP contribution in [0.25, 0.3) is 0 Å². The van der Waals surface area contributed by atoms with E-state index in [4.69, 9.17) is 9.47 Å². The summed E-state index contributed by atoms with van der Waals surface area (Å²) in [5, 5.41) is 2.95. The van der Waals surface area contributed by atoms with Crippen molar-refractivity contribution < 1.29 is 14.3 Å². The van der Waals surface area contributed by atoms with Crippen LogP contribution in [0.5, 0.6) is 5.75 Å². The van der Waals surface area contributed by atoms with Crippen LogP contribution in [-0.2, 0) is 4.74 Å². The molecular weight excluding hydrogens is 356 g/mol. The number of nitrogens with one attached hydrogen (secondary N) is 1. The van der Waals surface area contributed by atoms with E-state index in [0.29, 0.717) is 37.0 Å². The van der Waals surface area contributed by atoms with Gasteiger partial charge in [0, 0.05) is 18.7 Å². The first-order valence-electron chi connectivity index (χ1n) is 9.80. The van der Waals surface area contributed by atoms with Crippen molar-refractivity contribution >= 4 is 17.5 Å². The summed E-state index contributed by atoms with van der Waals surface area (Å²) in [6.45, 7) is 9.49. The molecule has 1 N–H and O–H groups in total. The number of hydrogen-bond donors (Lipinski definition) is 1. The monoisotopic (exact) mass is 384 g/mol. The minimum Gasteiger partial charge on any atom is -0.494 e. The lowest BCUT2D eigenvalue weighted by molar-refractivity contribution is 0.102. The predicted molar refractivity (Wildman–Crippen MR) is 109 cm³/mol. The Balaban J connectivity index is 1.68. The number of amides is 1. The van der Waals surface area contributed by atoms with Crippen LogP contribution in [0.15, 0.2) is 24.3 Å². The van der Waals surface area contributed by atoms with Crippen LogP contribution in [0.4, 0.5) is 11.6 Å². The highest BCUT2D eigenvalue weighted by atomic mass is 16.5. The second-order valence-corrected chi connectivity index (χ2v) is 6.85. The number of ether oxygens (including phenoxy) is 2. The van der Waals surface area contributed by atoms with Crippen LogP contribution in [0.2, 0.25) is 0 Å². The zero-order valence-electron chi connectivity index (χ0n) is 16.8. The number of nitrogens with zero attached hydrogens (tertiary/aromatic N) is 3. The highest BCUT2D eigenvalue weighted by Gasteiger charge is 2.18. The predicted octanol–water partition coefficient (Wildman–Crippen LogP) is 3.36. The molecule has 0 radical (unpaired) electrons. The molecule has 150 valence electrons. The van der Waals surface area contributed by atoms with Crippen LogP contribution in [0, 0.1) is 13.8 Å². The second kappa shape index (κ2) is 9.50. The first kappa shape index (κ1) is 20.1. The molecule has 2 heterocycles. The maximum absolute atomic E-state index is 12.6. The molecule has 7 heteroatoms. The van der Waals surface area contributed by atoms with Gasteiger partial charge in [0.25, 0.3) is 5.91 Å². The molecule has 1 aromatic carbocycles. The Hall–Kier alpha value is -2.67. The lowest BCUT2D eigenvalue weighted by Crippen LogP contribution is -2.37. The largest absolute Gasteiger partial charge is 0.494 e. The Morgan fingerprint density at radius 2 is 1.79 bits per heavy atom. The zero-order chi connectivity index (χ0) is 19.9. The van der Waals surface area contributed by atoms with E-state index in [1.165, 1.54) is 0 Å². The molecule has 1 fully saturated rings. The molecule has 0 atom stereocenters. The van der Waals surface area contributed by atoms with Crippen LogP contribution < -0.4 is 15.0 Å². The topological polar surface area (TPSA) is 76.6 Å². The molecule has 28 heavy (non-hydrogen) atoms. The molecule has 1 aromatic heterocycles. The van der Waals surface area contributed by atoms with E-state index in [0.717, 1.165) is 43.1 Å². The molecule has 2 aromatic rings. The van der Waals surface area contributed by atoms with Gasteiger partial charge in [0.15, 0.2) is 0 Å². The van der Waals surface area contributed by atoms with Crippen molar-refractivity contribution in [2.45, 2.75) is 33.6 Å². The normalized spacial score (nSPS) is 14.0. The van der Waals surface area contributed by atoms with E-state index in [1.807, 2.05) is 26.0 Å². The summed E-state index contributed by atoms with van der Waals surface area (Å²) in [7, 11) is 0. The summed E-state index contributed by atoms with van der Waals surface area (Å²) in [5.41, 5.74) is 2.73. The number of morpholine rings is 1. The van der Waals surface area contributed by atoms with E-state index >= 15 is 0 Å². The molecule has 1 saturated heterocycles. The summed E-state index contributed by atoms with van der Waals surface area (Å²) in [5.74, 6) is 1.27. The molecule has 0 saturated carbocycles. The molecule has 1 amide bonds. The van der Waals surface area contributed by atoms with Crippen molar-refractivity contribution in [2.24, 2.45) is 0 Å². The number of rotatable bonds is 7. The highest BCUT2D eigenvalue weighted by molar-refractivity contribution is 6.04. The first-order chi connectivity index (χ1) is 13.6. The van der Waals surface area contributed by atoms with Gasteiger partial charge in [-0.15, -0.1) is 0 Å². The van der Waals surface area contributed by atoms with Gasteiger partial charge in [0.1, 0.15) is 5.75 Å². The quantitative estimate of drug-likeness (QED) is 0.738. The lowest BCUT2D eigenvalue weighted by atomic mass is 10.2. The molecule has 1 aliphatic heterocycles. The standard InChI is InChI=1S/C21H28N4O3/c1-4-5-12-28-18-8-6-17(7-9-18)20(26)24-19-15(2)22-21(23-16(19)3)25-10-13-27-14-11-25/h6-9H,4-5,10-14H2,1-3H3,(H,24,26). The molecule has 0 unspecified atom stereocenters. The van der Waals surface area contributed by atoms with Gasteiger partial charge >= 0.3 is 0 Å². The average molecular weight is 384 g/mol. The van der Waals surface area contributed by atoms with Gasteiger partial charge in [-0.25, -0.2) is 9.97 Å². The molecule has 1 aliphatic rings. The zero-order valence-corrected chi connectivity index (χ0v) is 16.8. The molecule has 3 rings (SSSR count). The van der Waals surface area contributed by atoms with Crippen LogP contribution in [0.1, 0.15) is 41.5 Å². The Bertz CT molecular complexity index is 779. The highest BCUT2D eigenvalue weighted by Crippen LogP contribution is 2.22. The van der Waals surface area contributed by atoms with Gasteiger partial charge in [0.2, 0.25) is 5.95 Å². The summed E-state index contributed by atoms with van der Waals surface area (Å²) in [4.78, 5) is 23.9. The third-order valence-corrected chi connectivity index (χ3v) is 4.67. The van der Waals surface area contributed by atoms with Crippen molar-refractivity contribution in [3.8, 4) is 5.75 Å². The van der Waals surface area contributed by atoms with Gasteiger partial charge in [-0.2, -0.15) is 0 Å². The summed E-state index contributed by atoms with van der Waals surface area (Å²) < 4.78 is 11.0. The third-order valence-electron chi connectivity index (χ3n) is 4.67. The number of benzene rings is 1. The first-order valence-corrected chi connectivity index (χ1v) is 9.80. The Labute approximate surface area is 166 Å². The van der Waals surface area contributed by atoms with E-state index in [9.17, 15) is 4.79 Å². The van der Waals surface area contributed by atoms with E-state index in [1.54, 1.807) is 12.1 Å². The minimum atomic E-state index is -0.186. The second-order valence-electron chi connectivity index (χ2n) is 6.85. The maximum atomic E-state index is 12.6. The fraction of sp³-hybridized carbons (Fsp3) is 0.476. The molecular formula is C21H28N4O3. The van der Waals surface area contributed by atoms with Crippen molar-refractivity contribution in [1.82, 2.24) is 9.97 Å². The van der Waals surface area contributed by atoms with Gasteiger partial charge in [0.05, 0.1) is 36.9 Å². The van der Waals surface area contributed by atoms with Gasteiger partial charge in [-0.1, -0.05) is 13.3 Å². The van der Waals surface area contributed by atoms with Crippen molar-refractivity contribution in [3.63, 3.8) is 0 Å². The van der Waals surface area contributed by atoms with Crippen molar-refractivity contribution in [3.05, 3.63) is 41.2 Å². The minimum absolute atomic E-state index is 0.186. The Morgan fingerprint density at radius 1 is 1.14 bits per heavy atom. The Morgan fingerprint density at radius 3 is 2.39 bits per heavy atom. The number of anilines is 2. The maximum Gasteiger partial charge on any atom is 0.255 e. The van der Waals surface area contributed by atoms with Crippen LogP contribution in [-0.4, -0.2) is 48.8 Å². The van der Waals surface area contributed by atoms with Crippen molar-refractivity contribution in [2.75, 3.05) is 43.1 Å². The number of aromatic nitrogens is 2. The van der Waals surface area contributed by atoms with Crippen molar-refractivity contribution in [1.29, 1.82) is 0 Å². The number of carbonyl (C=O) groups excluding carboxylic acids is 1. The van der Waals surface area contributed by atoms with E-state index < -0.39 is 0 Å². The fourth-order valence-corrected chi connectivity index (χ4v) is 3.01. The SMILES string of the molecule is CCCCOc1ccc(C(=O)Nc2c(C)nc(N3CCOCC3)nc2C)cc1. The van der Waals surface area contributed by atoms with Crippen LogP contribution in [0.3, 0.4) is 0 Å². The third kappa shape index (κ3) is 4.98. The fourth-order valence-electron chi connectivity index (χ4n) is 3.01. The average Bonchev–Trinajstić information content (AvgIpc) is 2.72. The molecule has 7 nitrogen and oxygen atoms in total. The van der Waals surface area contributed by atoms with E-state index in [2.05, 4.69) is 27.1 Å². The number of aryl methyl sites for hydroxylation is 2. The Kier molecular flexibility index (Phi) is 6.81. The number of hydrogen-bond acceptors (Lipinski definition) is 6. The number of unbranched alkanes of at least 4 members (excludes halogenated alkanes) is 1. The molecule has 0 spiro atoms. The lowest BCUT2D eigenvalue weighted by Gasteiger charge is -2.27. The summed E-state index contributed by atoms with van der Waals surface area (Å²) in [6.07, 6.45) is 2.10. The molecule has 0 aliphatic carbocycles. The number of carbonyl (C=O) groups is 1. The summed E-state index contributed by atoms with van der Waals surface area (Å²) in [6, 6.07) is 7.18.